The molecule has 0 heterocycles. The highest BCUT2D eigenvalue weighted by Gasteiger charge is 2.19. The van der Waals surface area contributed by atoms with Gasteiger partial charge in [-0.25, -0.2) is 0 Å². The minimum atomic E-state index is 0.839. The normalized spacial score (nSPS) is 18.6. The van der Waals surface area contributed by atoms with Crippen LogP contribution in [0.25, 0.3) is 0 Å². The predicted molar refractivity (Wildman–Crippen MR) is 82.6 cm³/mol. The van der Waals surface area contributed by atoms with E-state index in [1.807, 2.05) is 0 Å². The Morgan fingerprint density at radius 2 is 2.00 bits per heavy atom. The van der Waals surface area contributed by atoms with Crippen LogP contribution in [-0.4, -0.2) is 38.1 Å². The van der Waals surface area contributed by atoms with Crippen molar-refractivity contribution in [1.82, 2.24) is 10.2 Å². The van der Waals surface area contributed by atoms with E-state index in [-0.39, 0.29) is 0 Å². The Kier molecular flexibility index (Phi) is 5.87. The molecular weight excluding hydrogens is 232 g/mol. The molecule has 1 aliphatic carbocycles. The molecule has 2 rings (SSSR count). The van der Waals surface area contributed by atoms with Gasteiger partial charge in [0.25, 0.3) is 0 Å². The molecule has 0 saturated heterocycles. The quantitative estimate of drug-likeness (QED) is 0.758. The summed E-state index contributed by atoms with van der Waals surface area (Å²) in [5, 5.41) is 3.48. The number of nitrogens with zero attached hydrogens (tertiary/aromatic N) is 1. The summed E-state index contributed by atoms with van der Waals surface area (Å²) < 4.78 is 0. The Balaban J connectivity index is 1.72. The second-order valence-corrected chi connectivity index (χ2v) is 5.89. The van der Waals surface area contributed by atoms with E-state index >= 15 is 0 Å². The van der Waals surface area contributed by atoms with Gasteiger partial charge in [0, 0.05) is 19.6 Å². The second kappa shape index (κ2) is 7.66. The summed E-state index contributed by atoms with van der Waals surface area (Å²) in [6.45, 7) is 6.88. The Morgan fingerprint density at radius 1 is 1.21 bits per heavy atom. The molecule has 0 spiro atoms. The number of fused-ring (bicyclic) bond motifs is 1. The summed E-state index contributed by atoms with van der Waals surface area (Å²) >= 11 is 0. The molecule has 0 aromatic heterocycles. The molecule has 0 saturated carbocycles. The minimum Gasteiger partial charge on any atom is -0.315 e. The third kappa shape index (κ3) is 4.63. The first-order valence-corrected chi connectivity index (χ1v) is 7.75. The standard InChI is InChI=1S/C17H28N2/c1-3-10-18-11-12-19(2)14-15-8-9-16-6-4-5-7-17(16)13-15/h4-7,15,18H,3,8-14H2,1-2H3. The molecule has 1 aliphatic rings. The average Bonchev–Trinajstić information content (AvgIpc) is 2.43. The maximum Gasteiger partial charge on any atom is 0.0104 e. The number of hydrogen-bond donors (Lipinski definition) is 1. The van der Waals surface area contributed by atoms with Gasteiger partial charge in [0.2, 0.25) is 0 Å². The topological polar surface area (TPSA) is 15.3 Å². The summed E-state index contributed by atoms with van der Waals surface area (Å²) in [6, 6.07) is 8.96. The number of aryl methyl sites for hydroxylation is 1. The van der Waals surface area contributed by atoms with E-state index in [1.54, 1.807) is 11.1 Å². The summed E-state index contributed by atoms with van der Waals surface area (Å²) in [7, 11) is 2.26. The third-order valence-electron chi connectivity index (χ3n) is 4.12. The molecule has 1 unspecified atom stereocenters. The zero-order valence-electron chi connectivity index (χ0n) is 12.5. The fourth-order valence-electron chi connectivity index (χ4n) is 3.03. The smallest absolute Gasteiger partial charge is 0.0104 e. The summed E-state index contributed by atoms with van der Waals surface area (Å²) in [6.07, 6.45) is 5.11. The lowest BCUT2D eigenvalue weighted by molar-refractivity contribution is 0.260. The SMILES string of the molecule is CCCNCCN(C)CC1CCc2ccccc2C1. The van der Waals surface area contributed by atoms with Gasteiger partial charge in [-0.15, -0.1) is 0 Å². The molecule has 19 heavy (non-hydrogen) atoms. The van der Waals surface area contributed by atoms with Gasteiger partial charge >= 0.3 is 0 Å². The average molecular weight is 260 g/mol. The Morgan fingerprint density at radius 3 is 2.79 bits per heavy atom. The van der Waals surface area contributed by atoms with Crippen molar-refractivity contribution in [3.05, 3.63) is 35.4 Å². The van der Waals surface area contributed by atoms with Gasteiger partial charge in [0.1, 0.15) is 0 Å². The Bertz CT molecular complexity index is 375. The van der Waals surface area contributed by atoms with E-state index in [0.717, 1.165) is 25.6 Å². The number of hydrogen-bond acceptors (Lipinski definition) is 2. The molecule has 1 N–H and O–H groups in total. The number of likely N-dealkylation sites (N-methyl/N-ethyl adjacent to an activating group) is 1. The third-order valence-corrected chi connectivity index (χ3v) is 4.12. The minimum absolute atomic E-state index is 0.839. The van der Waals surface area contributed by atoms with Gasteiger partial charge in [-0.3, -0.25) is 0 Å². The molecule has 0 bridgehead atoms. The van der Waals surface area contributed by atoms with Crippen LogP contribution in [0.2, 0.25) is 0 Å². The van der Waals surface area contributed by atoms with Gasteiger partial charge in [-0.05, 0) is 56.3 Å². The maximum atomic E-state index is 3.48. The highest BCUT2D eigenvalue weighted by atomic mass is 15.1. The molecule has 2 nitrogen and oxygen atoms in total. The number of nitrogens with one attached hydrogen (secondary N) is 1. The highest BCUT2D eigenvalue weighted by molar-refractivity contribution is 5.29. The van der Waals surface area contributed by atoms with Crippen molar-refractivity contribution >= 4 is 0 Å². The van der Waals surface area contributed by atoms with Crippen molar-refractivity contribution in [2.24, 2.45) is 5.92 Å². The fourth-order valence-corrected chi connectivity index (χ4v) is 3.03. The van der Waals surface area contributed by atoms with Crippen molar-refractivity contribution in [2.45, 2.75) is 32.6 Å². The van der Waals surface area contributed by atoms with Crippen LogP contribution in [0.3, 0.4) is 0 Å². The lowest BCUT2D eigenvalue weighted by Crippen LogP contribution is -2.34. The van der Waals surface area contributed by atoms with Gasteiger partial charge in [0.05, 0.1) is 0 Å². The van der Waals surface area contributed by atoms with E-state index < -0.39 is 0 Å². The molecule has 1 aromatic rings. The first-order chi connectivity index (χ1) is 9.29. The van der Waals surface area contributed by atoms with Crippen molar-refractivity contribution in [1.29, 1.82) is 0 Å². The molecule has 106 valence electrons. The number of benzene rings is 1. The Hall–Kier alpha value is -0.860. The predicted octanol–water partition coefficient (Wildman–Crippen LogP) is 2.72. The first-order valence-electron chi connectivity index (χ1n) is 7.75. The van der Waals surface area contributed by atoms with E-state index in [9.17, 15) is 0 Å². The maximum absolute atomic E-state index is 3.48. The van der Waals surface area contributed by atoms with Crippen molar-refractivity contribution < 1.29 is 0 Å². The van der Waals surface area contributed by atoms with Crippen molar-refractivity contribution in [2.75, 3.05) is 33.2 Å². The van der Waals surface area contributed by atoms with Crippen molar-refractivity contribution in [3.63, 3.8) is 0 Å². The van der Waals surface area contributed by atoms with E-state index in [1.165, 1.54) is 32.2 Å². The first kappa shape index (κ1) is 14.5. The zero-order chi connectivity index (χ0) is 13.5. The zero-order valence-corrected chi connectivity index (χ0v) is 12.5. The van der Waals surface area contributed by atoms with Crippen LogP contribution in [-0.2, 0) is 12.8 Å². The molecule has 0 radical (unpaired) electrons. The molecule has 1 atom stereocenters. The molecule has 1 aromatic carbocycles. The summed E-state index contributed by atoms with van der Waals surface area (Å²) in [4.78, 5) is 2.49. The summed E-state index contributed by atoms with van der Waals surface area (Å²) in [5.74, 6) is 0.839. The van der Waals surface area contributed by atoms with Gasteiger partial charge in [-0.1, -0.05) is 31.2 Å². The van der Waals surface area contributed by atoms with Crippen LogP contribution in [0, 0.1) is 5.92 Å². The van der Waals surface area contributed by atoms with Gasteiger partial charge in [-0.2, -0.15) is 0 Å². The van der Waals surface area contributed by atoms with E-state index in [0.29, 0.717) is 0 Å². The Labute approximate surface area is 118 Å². The van der Waals surface area contributed by atoms with Crippen LogP contribution in [0.5, 0.6) is 0 Å². The van der Waals surface area contributed by atoms with Crippen LogP contribution < -0.4 is 5.32 Å². The summed E-state index contributed by atoms with van der Waals surface area (Å²) in [5.41, 5.74) is 3.15. The fraction of sp³-hybridized carbons (Fsp3) is 0.647. The lowest BCUT2D eigenvalue weighted by Gasteiger charge is -2.28. The lowest BCUT2D eigenvalue weighted by atomic mass is 9.84. The molecule has 2 heteroatoms. The molecular formula is C17H28N2. The molecule has 0 aliphatic heterocycles. The monoisotopic (exact) mass is 260 g/mol. The highest BCUT2D eigenvalue weighted by Crippen LogP contribution is 2.25. The second-order valence-electron chi connectivity index (χ2n) is 5.89. The van der Waals surface area contributed by atoms with E-state index in [4.69, 9.17) is 0 Å². The van der Waals surface area contributed by atoms with Crippen molar-refractivity contribution in [3.8, 4) is 0 Å². The van der Waals surface area contributed by atoms with Gasteiger partial charge < -0.3 is 10.2 Å². The largest absolute Gasteiger partial charge is 0.315 e. The number of rotatable bonds is 7. The van der Waals surface area contributed by atoms with Crippen LogP contribution >= 0.6 is 0 Å². The van der Waals surface area contributed by atoms with Crippen LogP contribution in [0.15, 0.2) is 24.3 Å². The molecule has 0 amide bonds. The van der Waals surface area contributed by atoms with E-state index in [2.05, 4.69) is 48.5 Å². The molecule has 0 fully saturated rings. The van der Waals surface area contributed by atoms with Crippen LogP contribution in [0.4, 0.5) is 0 Å². The van der Waals surface area contributed by atoms with Crippen LogP contribution in [0.1, 0.15) is 30.9 Å². The van der Waals surface area contributed by atoms with Gasteiger partial charge in [0.15, 0.2) is 0 Å².